The quantitative estimate of drug-likeness (QED) is 0.775. The van der Waals surface area contributed by atoms with E-state index in [1.54, 1.807) is 0 Å². The van der Waals surface area contributed by atoms with Gasteiger partial charge in [0, 0.05) is 13.1 Å². The molecule has 0 amide bonds. The van der Waals surface area contributed by atoms with E-state index in [0.29, 0.717) is 0 Å². The van der Waals surface area contributed by atoms with Gasteiger partial charge in [-0.1, -0.05) is 51.0 Å². The van der Waals surface area contributed by atoms with Crippen LogP contribution in [0.1, 0.15) is 50.7 Å². The van der Waals surface area contributed by atoms with E-state index in [-0.39, 0.29) is 0 Å². The average molecular weight is 274 g/mol. The molecule has 0 bridgehead atoms. The van der Waals surface area contributed by atoms with Gasteiger partial charge in [-0.15, -0.1) is 0 Å². The maximum atomic E-state index is 3.59. The summed E-state index contributed by atoms with van der Waals surface area (Å²) in [7, 11) is 0. The fourth-order valence-corrected chi connectivity index (χ4v) is 2.96. The van der Waals surface area contributed by atoms with Crippen LogP contribution in [0.5, 0.6) is 0 Å². The first-order valence-corrected chi connectivity index (χ1v) is 8.32. The zero-order valence-electron chi connectivity index (χ0n) is 13.2. The van der Waals surface area contributed by atoms with Crippen LogP contribution in [0.15, 0.2) is 24.3 Å². The van der Waals surface area contributed by atoms with E-state index < -0.39 is 0 Å². The Labute approximate surface area is 124 Å². The number of rotatable bonds is 8. The van der Waals surface area contributed by atoms with Crippen LogP contribution in [-0.4, -0.2) is 24.5 Å². The van der Waals surface area contributed by atoms with Crippen molar-refractivity contribution in [2.45, 2.75) is 52.6 Å². The smallest absolute Gasteiger partial charge is 0.0233 e. The number of benzene rings is 1. The van der Waals surface area contributed by atoms with Gasteiger partial charge in [-0.2, -0.15) is 0 Å². The molecule has 1 aromatic carbocycles. The summed E-state index contributed by atoms with van der Waals surface area (Å²) in [4.78, 5) is 2.56. The second-order valence-corrected chi connectivity index (χ2v) is 6.11. The van der Waals surface area contributed by atoms with Crippen molar-refractivity contribution in [1.82, 2.24) is 10.2 Å². The van der Waals surface area contributed by atoms with E-state index in [1.165, 1.54) is 49.9 Å². The monoisotopic (exact) mass is 274 g/mol. The maximum Gasteiger partial charge on any atom is 0.0233 e. The van der Waals surface area contributed by atoms with Gasteiger partial charge in [0.1, 0.15) is 0 Å². The van der Waals surface area contributed by atoms with Crippen LogP contribution < -0.4 is 5.32 Å². The Hall–Kier alpha value is -0.860. The Balaban J connectivity index is 1.73. The number of hydrogen-bond acceptors (Lipinski definition) is 2. The molecule has 0 atom stereocenters. The molecule has 0 spiro atoms. The lowest BCUT2D eigenvalue weighted by Crippen LogP contribution is -2.21. The lowest BCUT2D eigenvalue weighted by atomic mass is 10.0. The third kappa shape index (κ3) is 4.92. The Morgan fingerprint density at radius 1 is 1.00 bits per heavy atom. The summed E-state index contributed by atoms with van der Waals surface area (Å²) in [6.07, 6.45) is 5.30. The summed E-state index contributed by atoms with van der Waals surface area (Å²) >= 11 is 0. The van der Waals surface area contributed by atoms with E-state index in [1.807, 2.05) is 0 Å². The lowest BCUT2D eigenvalue weighted by molar-refractivity contribution is 0.331. The van der Waals surface area contributed by atoms with Crippen LogP contribution in [0.4, 0.5) is 0 Å². The molecule has 0 aliphatic carbocycles. The average Bonchev–Trinajstić information content (AvgIpc) is 2.98. The first kappa shape index (κ1) is 15.5. The molecule has 2 heteroatoms. The molecule has 1 aliphatic heterocycles. The molecule has 1 aromatic rings. The van der Waals surface area contributed by atoms with Crippen LogP contribution in [0.2, 0.25) is 0 Å². The van der Waals surface area contributed by atoms with Gasteiger partial charge in [0.25, 0.3) is 0 Å². The number of hydrogen-bond donors (Lipinski definition) is 1. The largest absolute Gasteiger partial charge is 0.312 e. The molecule has 0 unspecified atom stereocenters. The van der Waals surface area contributed by atoms with Gasteiger partial charge < -0.3 is 5.32 Å². The van der Waals surface area contributed by atoms with Crippen molar-refractivity contribution in [1.29, 1.82) is 0 Å². The van der Waals surface area contributed by atoms with Crippen molar-refractivity contribution >= 4 is 0 Å². The highest BCUT2D eigenvalue weighted by molar-refractivity contribution is 5.22. The minimum Gasteiger partial charge on any atom is -0.312 e. The molecule has 0 saturated carbocycles. The second kappa shape index (κ2) is 8.43. The van der Waals surface area contributed by atoms with E-state index in [4.69, 9.17) is 0 Å². The SMILES string of the molecule is CCC(CC)CNCc1ccc(CN2CCCC2)cc1. The summed E-state index contributed by atoms with van der Waals surface area (Å²) in [5, 5.41) is 3.59. The zero-order chi connectivity index (χ0) is 14.2. The lowest BCUT2D eigenvalue weighted by Gasteiger charge is -2.15. The van der Waals surface area contributed by atoms with Crippen LogP contribution in [0.25, 0.3) is 0 Å². The van der Waals surface area contributed by atoms with Crippen LogP contribution in [-0.2, 0) is 13.1 Å². The number of nitrogens with one attached hydrogen (secondary N) is 1. The Kier molecular flexibility index (Phi) is 6.55. The van der Waals surface area contributed by atoms with Crippen molar-refractivity contribution in [3.8, 4) is 0 Å². The van der Waals surface area contributed by atoms with Crippen LogP contribution in [0.3, 0.4) is 0 Å². The maximum absolute atomic E-state index is 3.59. The minimum absolute atomic E-state index is 0.824. The molecule has 0 aromatic heterocycles. The highest BCUT2D eigenvalue weighted by Crippen LogP contribution is 2.13. The van der Waals surface area contributed by atoms with E-state index >= 15 is 0 Å². The zero-order valence-corrected chi connectivity index (χ0v) is 13.2. The molecule has 2 nitrogen and oxygen atoms in total. The topological polar surface area (TPSA) is 15.3 Å². The number of likely N-dealkylation sites (tertiary alicyclic amines) is 1. The van der Waals surface area contributed by atoms with Crippen molar-refractivity contribution < 1.29 is 0 Å². The van der Waals surface area contributed by atoms with Gasteiger partial charge in [-0.25, -0.2) is 0 Å². The summed E-state index contributed by atoms with van der Waals surface area (Å²) in [6, 6.07) is 9.16. The van der Waals surface area contributed by atoms with E-state index in [2.05, 4.69) is 48.3 Å². The molecule has 1 saturated heterocycles. The predicted molar refractivity (Wildman–Crippen MR) is 86.7 cm³/mol. The van der Waals surface area contributed by atoms with Gasteiger partial charge in [0.15, 0.2) is 0 Å². The fraction of sp³-hybridized carbons (Fsp3) is 0.667. The molecule has 1 heterocycles. The fourth-order valence-electron chi connectivity index (χ4n) is 2.96. The normalized spacial score (nSPS) is 16.1. The van der Waals surface area contributed by atoms with Crippen molar-refractivity contribution in [2.75, 3.05) is 19.6 Å². The highest BCUT2D eigenvalue weighted by atomic mass is 15.1. The first-order valence-electron chi connectivity index (χ1n) is 8.32. The molecule has 112 valence electrons. The molecular formula is C18H30N2. The van der Waals surface area contributed by atoms with E-state index in [0.717, 1.165) is 25.6 Å². The Morgan fingerprint density at radius 2 is 1.60 bits per heavy atom. The minimum atomic E-state index is 0.824. The summed E-state index contributed by atoms with van der Waals surface area (Å²) in [6.45, 7) is 10.4. The van der Waals surface area contributed by atoms with Gasteiger partial charge in [-0.05, 0) is 49.5 Å². The van der Waals surface area contributed by atoms with Crippen LogP contribution in [0, 0.1) is 5.92 Å². The third-order valence-electron chi connectivity index (χ3n) is 4.54. The van der Waals surface area contributed by atoms with Crippen molar-refractivity contribution in [3.05, 3.63) is 35.4 Å². The summed E-state index contributed by atoms with van der Waals surface area (Å²) < 4.78 is 0. The van der Waals surface area contributed by atoms with Gasteiger partial charge >= 0.3 is 0 Å². The van der Waals surface area contributed by atoms with Crippen LogP contribution >= 0.6 is 0 Å². The van der Waals surface area contributed by atoms with Gasteiger partial charge in [0.2, 0.25) is 0 Å². The Morgan fingerprint density at radius 3 is 2.20 bits per heavy atom. The molecular weight excluding hydrogens is 244 g/mol. The molecule has 1 aliphatic rings. The standard InChI is InChI=1S/C18H30N2/c1-3-16(4-2)13-19-14-17-7-9-18(10-8-17)15-20-11-5-6-12-20/h7-10,16,19H,3-6,11-15H2,1-2H3. The molecule has 1 fully saturated rings. The molecule has 0 radical (unpaired) electrons. The van der Waals surface area contributed by atoms with Gasteiger partial charge in [-0.3, -0.25) is 4.90 Å². The Bertz CT molecular complexity index is 362. The second-order valence-electron chi connectivity index (χ2n) is 6.11. The van der Waals surface area contributed by atoms with Crippen molar-refractivity contribution in [2.24, 2.45) is 5.92 Å². The molecule has 1 N–H and O–H groups in total. The first-order chi connectivity index (χ1) is 9.81. The van der Waals surface area contributed by atoms with Gasteiger partial charge in [0.05, 0.1) is 0 Å². The molecule has 2 rings (SSSR count). The van der Waals surface area contributed by atoms with E-state index in [9.17, 15) is 0 Å². The summed E-state index contributed by atoms with van der Waals surface area (Å²) in [5.74, 6) is 0.824. The summed E-state index contributed by atoms with van der Waals surface area (Å²) in [5.41, 5.74) is 2.86. The van der Waals surface area contributed by atoms with Crippen molar-refractivity contribution in [3.63, 3.8) is 0 Å². The predicted octanol–water partition coefficient (Wildman–Crippen LogP) is 3.81. The third-order valence-corrected chi connectivity index (χ3v) is 4.54. The number of nitrogens with zero attached hydrogens (tertiary/aromatic N) is 1. The highest BCUT2D eigenvalue weighted by Gasteiger charge is 2.11. The molecule has 20 heavy (non-hydrogen) atoms.